The summed E-state index contributed by atoms with van der Waals surface area (Å²) in [6.07, 6.45) is 4.65. The van der Waals surface area contributed by atoms with E-state index in [4.69, 9.17) is 5.73 Å². The molecule has 0 bridgehead atoms. The van der Waals surface area contributed by atoms with Gasteiger partial charge in [-0.3, -0.25) is 4.98 Å². The first-order chi connectivity index (χ1) is 7.15. The summed E-state index contributed by atoms with van der Waals surface area (Å²) in [5.74, 6) is 0.320. The van der Waals surface area contributed by atoms with Crippen LogP contribution in [0.2, 0.25) is 0 Å². The molecule has 1 aromatic heterocycles. The van der Waals surface area contributed by atoms with E-state index in [0.29, 0.717) is 12.3 Å². The summed E-state index contributed by atoms with van der Waals surface area (Å²) in [7, 11) is 0. The Balaban J connectivity index is 2.52. The third-order valence-corrected chi connectivity index (χ3v) is 2.84. The van der Waals surface area contributed by atoms with Gasteiger partial charge in [-0.2, -0.15) is 0 Å². The summed E-state index contributed by atoms with van der Waals surface area (Å²) in [6.45, 7) is 4.09. The molecule has 84 valence electrons. The molecule has 15 heavy (non-hydrogen) atoms. The molecule has 0 radical (unpaired) electrons. The predicted molar refractivity (Wildman–Crippen MR) is 61.5 cm³/mol. The largest absolute Gasteiger partial charge is 0.391 e. The molecule has 0 aliphatic rings. The molecule has 0 aliphatic carbocycles. The molecule has 3 nitrogen and oxygen atoms in total. The topological polar surface area (TPSA) is 59.1 Å². The molecule has 3 N–H and O–H groups in total. The third-order valence-electron chi connectivity index (χ3n) is 2.84. The van der Waals surface area contributed by atoms with E-state index >= 15 is 0 Å². The van der Waals surface area contributed by atoms with E-state index in [1.54, 1.807) is 12.4 Å². The number of hydrogen-bond acceptors (Lipinski definition) is 3. The highest BCUT2D eigenvalue weighted by atomic mass is 16.3. The first-order valence-corrected chi connectivity index (χ1v) is 5.48. The molecule has 1 heterocycles. The fraction of sp³-hybridized carbons (Fsp3) is 0.583. The number of nitrogens with two attached hydrogens (primary N) is 1. The molecule has 0 spiro atoms. The van der Waals surface area contributed by atoms with Crippen LogP contribution in [0.25, 0.3) is 0 Å². The van der Waals surface area contributed by atoms with Crippen molar-refractivity contribution in [2.75, 3.05) is 0 Å². The quantitative estimate of drug-likeness (QED) is 0.774. The number of pyridine rings is 1. The van der Waals surface area contributed by atoms with Crippen molar-refractivity contribution in [1.82, 2.24) is 4.98 Å². The van der Waals surface area contributed by atoms with Crippen LogP contribution in [0.4, 0.5) is 0 Å². The van der Waals surface area contributed by atoms with E-state index < -0.39 is 6.10 Å². The van der Waals surface area contributed by atoms with Crippen molar-refractivity contribution in [3.05, 3.63) is 30.1 Å². The minimum absolute atomic E-state index is 0.116. The van der Waals surface area contributed by atoms with Crippen LogP contribution < -0.4 is 5.73 Å². The average Bonchev–Trinajstić information content (AvgIpc) is 2.29. The molecular weight excluding hydrogens is 188 g/mol. The molecule has 3 heteroatoms. The van der Waals surface area contributed by atoms with E-state index in [1.807, 2.05) is 19.1 Å². The molecule has 1 rings (SSSR count). The monoisotopic (exact) mass is 208 g/mol. The van der Waals surface area contributed by atoms with Crippen LogP contribution >= 0.6 is 0 Å². The van der Waals surface area contributed by atoms with Gasteiger partial charge in [0, 0.05) is 18.4 Å². The van der Waals surface area contributed by atoms with Crippen molar-refractivity contribution in [3.8, 4) is 0 Å². The second-order valence-electron chi connectivity index (χ2n) is 4.06. The van der Waals surface area contributed by atoms with E-state index in [0.717, 1.165) is 6.42 Å². The van der Waals surface area contributed by atoms with Crippen molar-refractivity contribution in [2.45, 2.75) is 44.8 Å². The lowest BCUT2D eigenvalue weighted by atomic mass is 9.92. The summed E-state index contributed by atoms with van der Waals surface area (Å²) < 4.78 is 0. The van der Waals surface area contributed by atoms with Gasteiger partial charge in [0.2, 0.25) is 0 Å². The Morgan fingerprint density at radius 2 is 2.00 bits per heavy atom. The number of aliphatic hydroxyl groups excluding tert-OH is 1. The van der Waals surface area contributed by atoms with E-state index in [9.17, 15) is 5.11 Å². The Morgan fingerprint density at radius 1 is 1.40 bits per heavy atom. The summed E-state index contributed by atoms with van der Waals surface area (Å²) in [6, 6.07) is 3.85. The molecule has 3 atom stereocenters. The second kappa shape index (κ2) is 5.83. The van der Waals surface area contributed by atoms with Gasteiger partial charge in [0.1, 0.15) is 0 Å². The minimum atomic E-state index is -0.418. The van der Waals surface area contributed by atoms with Crippen molar-refractivity contribution in [1.29, 1.82) is 0 Å². The molecular formula is C12H20N2O. The highest BCUT2D eigenvalue weighted by Crippen LogP contribution is 2.20. The minimum Gasteiger partial charge on any atom is -0.391 e. The maximum Gasteiger partial charge on any atom is 0.0696 e. The van der Waals surface area contributed by atoms with Crippen LogP contribution in [-0.4, -0.2) is 22.2 Å². The Hall–Kier alpha value is -0.930. The van der Waals surface area contributed by atoms with E-state index in [-0.39, 0.29) is 6.04 Å². The first kappa shape index (κ1) is 12.1. The number of aliphatic hydroxyl groups is 1. The molecule has 0 aliphatic heterocycles. The van der Waals surface area contributed by atoms with Crippen molar-refractivity contribution >= 4 is 0 Å². The first-order valence-electron chi connectivity index (χ1n) is 5.48. The van der Waals surface area contributed by atoms with Gasteiger partial charge < -0.3 is 10.8 Å². The average molecular weight is 208 g/mol. The highest BCUT2D eigenvalue weighted by molar-refractivity contribution is 5.14. The maximum absolute atomic E-state index is 9.81. The standard InChI is InChI=1S/C12H20N2O/c1-3-11(13)12(15)8-9(2)10-4-6-14-7-5-10/h4-7,9,11-12,15H,3,8,13H2,1-2H3. The predicted octanol–water partition coefficient (Wildman–Crippen LogP) is 1.67. The van der Waals surface area contributed by atoms with E-state index in [2.05, 4.69) is 11.9 Å². The van der Waals surface area contributed by atoms with Crippen molar-refractivity contribution < 1.29 is 5.11 Å². The number of aromatic nitrogens is 1. The van der Waals surface area contributed by atoms with Gasteiger partial charge in [-0.1, -0.05) is 13.8 Å². The molecule has 0 saturated carbocycles. The van der Waals surface area contributed by atoms with Gasteiger partial charge in [0.15, 0.2) is 0 Å². The van der Waals surface area contributed by atoms with Crippen molar-refractivity contribution in [2.24, 2.45) is 5.73 Å². The molecule has 0 aromatic carbocycles. The van der Waals surface area contributed by atoms with Crippen LogP contribution in [0.3, 0.4) is 0 Å². The summed E-state index contributed by atoms with van der Waals surface area (Å²) in [5.41, 5.74) is 6.98. The van der Waals surface area contributed by atoms with Gasteiger partial charge >= 0.3 is 0 Å². The Labute approximate surface area is 91.3 Å². The summed E-state index contributed by atoms with van der Waals surface area (Å²) in [5, 5.41) is 9.81. The van der Waals surface area contributed by atoms with Crippen LogP contribution in [0.15, 0.2) is 24.5 Å². The van der Waals surface area contributed by atoms with Crippen LogP contribution in [0.5, 0.6) is 0 Å². The number of rotatable bonds is 5. The Bertz CT molecular complexity index is 276. The summed E-state index contributed by atoms with van der Waals surface area (Å²) >= 11 is 0. The third kappa shape index (κ3) is 3.61. The zero-order valence-corrected chi connectivity index (χ0v) is 9.43. The SMILES string of the molecule is CCC(N)C(O)CC(C)c1ccncc1. The Kier molecular flexibility index (Phi) is 4.72. The zero-order chi connectivity index (χ0) is 11.3. The Morgan fingerprint density at radius 3 is 2.53 bits per heavy atom. The lowest BCUT2D eigenvalue weighted by Crippen LogP contribution is -2.34. The fourth-order valence-corrected chi connectivity index (χ4v) is 1.64. The molecule has 0 saturated heterocycles. The van der Waals surface area contributed by atoms with Crippen molar-refractivity contribution in [3.63, 3.8) is 0 Å². The van der Waals surface area contributed by atoms with E-state index in [1.165, 1.54) is 5.56 Å². The lowest BCUT2D eigenvalue weighted by Gasteiger charge is -2.21. The van der Waals surface area contributed by atoms with Crippen LogP contribution in [0.1, 0.15) is 38.2 Å². The molecule has 0 fully saturated rings. The van der Waals surface area contributed by atoms with Gasteiger partial charge in [-0.25, -0.2) is 0 Å². The zero-order valence-electron chi connectivity index (χ0n) is 9.43. The number of hydrogen-bond donors (Lipinski definition) is 2. The normalized spacial score (nSPS) is 17.1. The number of nitrogens with zero attached hydrogens (tertiary/aromatic N) is 1. The summed E-state index contributed by atoms with van der Waals surface area (Å²) in [4.78, 5) is 3.97. The highest BCUT2D eigenvalue weighted by Gasteiger charge is 2.17. The maximum atomic E-state index is 9.81. The lowest BCUT2D eigenvalue weighted by molar-refractivity contribution is 0.126. The molecule has 0 amide bonds. The smallest absolute Gasteiger partial charge is 0.0696 e. The fourth-order valence-electron chi connectivity index (χ4n) is 1.64. The van der Waals surface area contributed by atoms with Gasteiger partial charge in [-0.15, -0.1) is 0 Å². The molecule has 3 unspecified atom stereocenters. The van der Waals surface area contributed by atoms with Crippen LogP contribution in [-0.2, 0) is 0 Å². The molecule has 1 aromatic rings. The van der Waals surface area contributed by atoms with Gasteiger partial charge in [0.25, 0.3) is 0 Å². The van der Waals surface area contributed by atoms with Gasteiger partial charge in [0.05, 0.1) is 6.10 Å². The second-order valence-corrected chi connectivity index (χ2v) is 4.06. The van der Waals surface area contributed by atoms with Gasteiger partial charge in [-0.05, 0) is 36.5 Å². The van der Waals surface area contributed by atoms with Crippen LogP contribution in [0, 0.1) is 0 Å².